The van der Waals surface area contributed by atoms with Gasteiger partial charge in [-0.05, 0) is 57.9 Å². The number of carbonyl (C=O) groups is 1. The summed E-state index contributed by atoms with van der Waals surface area (Å²) in [6.07, 6.45) is 3.25. The van der Waals surface area contributed by atoms with Gasteiger partial charge in [-0.2, -0.15) is 0 Å². The molecule has 6 nitrogen and oxygen atoms in total. The molecule has 0 aliphatic heterocycles. The second-order valence-electron chi connectivity index (χ2n) is 7.68. The van der Waals surface area contributed by atoms with Crippen LogP contribution in [-0.4, -0.2) is 44.9 Å². The van der Waals surface area contributed by atoms with Crippen molar-refractivity contribution in [2.45, 2.75) is 59.0 Å². The Balaban J connectivity index is 2.50. The van der Waals surface area contributed by atoms with Crippen LogP contribution in [0.3, 0.4) is 0 Å². The van der Waals surface area contributed by atoms with Crippen molar-refractivity contribution >= 4 is 21.8 Å². The number of benzene rings is 1. The highest BCUT2D eigenvalue weighted by molar-refractivity contribution is 9.10. The number of methoxy groups -OCH3 is 1. The zero-order valence-corrected chi connectivity index (χ0v) is 19.4. The van der Waals surface area contributed by atoms with Crippen LogP contribution in [0.2, 0.25) is 0 Å². The first kappa shape index (κ1) is 24.7. The number of nitrogens with one attached hydrogen (secondary N) is 2. The van der Waals surface area contributed by atoms with Crippen molar-refractivity contribution in [3.05, 3.63) is 22.2 Å². The molecule has 0 unspecified atom stereocenters. The molecule has 1 aromatic rings. The monoisotopic (exact) mass is 458 g/mol. The predicted molar refractivity (Wildman–Crippen MR) is 116 cm³/mol. The van der Waals surface area contributed by atoms with Gasteiger partial charge in [0.1, 0.15) is 0 Å². The summed E-state index contributed by atoms with van der Waals surface area (Å²) in [5.41, 5.74) is 0.775. The Bertz CT molecular complexity index is 603. The van der Waals surface area contributed by atoms with Crippen LogP contribution >= 0.6 is 15.9 Å². The Morgan fingerprint density at radius 3 is 2.50 bits per heavy atom. The average molecular weight is 459 g/mol. The fourth-order valence-electron chi connectivity index (χ4n) is 2.45. The maximum atomic E-state index is 12.0. The van der Waals surface area contributed by atoms with Gasteiger partial charge in [0.05, 0.1) is 7.11 Å². The summed E-state index contributed by atoms with van der Waals surface area (Å²) in [7, 11) is 1.59. The molecule has 0 saturated carbocycles. The Morgan fingerprint density at radius 2 is 1.86 bits per heavy atom. The zero-order chi connectivity index (χ0) is 21.0. The second kappa shape index (κ2) is 13.0. The van der Waals surface area contributed by atoms with Crippen molar-refractivity contribution in [2.24, 2.45) is 0 Å². The van der Waals surface area contributed by atoms with E-state index in [1.807, 2.05) is 32.9 Å². The molecule has 0 aliphatic rings. The van der Waals surface area contributed by atoms with Gasteiger partial charge >= 0.3 is 0 Å². The van der Waals surface area contributed by atoms with Gasteiger partial charge in [0.15, 0.2) is 18.1 Å². The fourth-order valence-corrected chi connectivity index (χ4v) is 2.92. The Morgan fingerprint density at radius 1 is 1.14 bits per heavy atom. The number of hydrogen-bond donors (Lipinski definition) is 2. The highest BCUT2D eigenvalue weighted by Gasteiger charge is 2.16. The van der Waals surface area contributed by atoms with Crippen LogP contribution in [0.1, 0.15) is 52.5 Å². The largest absolute Gasteiger partial charge is 0.493 e. The Kier molecular flexibility index (Phi) is 11.5. The summed E-state index contributed by atoms with van der Waals surface area (Å²) in [5.74, 6) is 0.968. The van der Waals surface area contributed by atoms with Gasteiger partial charge in [0, 0.05) is 29.8 Å². The Hall–Kier alpha value is -1.31. The van der Waals surface area contributed by atoms with E-state index in [-0.39, 0.29) is 18.1 Å². The standard InChI is InChI=1S/C21H35BrN2O4/c1-6-7-10-27-11-8-9-23-14-16-12-18(26-5)19(13-17(16)22)28-15-20(25)24-21(2,3)4/h12-13,23H,6-11,14-15H2,1-5H3,(H,24,25). The smallest absolute Gasteiger partial charge is 0.258 e. The molecule has 0 radical (unpaired) electrons. The summed E-state index contributed by atoms with van der Waals surface area (Å²) in [6.45, 7) is 11.1. The lowest BCUT2D eigenvalue weighted by molar-refractivity contribution is -0.124. The highest BCUT2D eigenvalue weighted by atomic mass is 79.9. The third-order valence-corrected chi connectivity index (χ3v) is 4.54. The van der Waals surface area contributed by atoms with Crippen molar-refractivity contribution in [3.63, 3.8) is 0 Å². The minimum Gasteiger partial charge on any atom is -0.493 e. The van der Waals surface area contributed by atoms with Crippen molar-refractivity contribution in [2.75, 3.05) is 33.5 Å². The van der Waals surface area contributed by atoms with E-state index in [1.54, 1.807) is 7.11 Å². The highest BCUT2D eigenvalue weighted by Crippen LogP contribution is 2.33. The molecule has 0 aromatic heterocycles. The third-order valence-electron chi connectivity index (χ3n) is 3.81. The normalized spacial score (nSPS) is 11.4. The van der Waals surface area contributed by atoms with Crippen LogP contribution in [0.5, 0.6) is 11.5 Å². The summed E-state index contributed by atoms with van der Waals surface area (Å²) < 4.78 is 17.6. The summed E-state index contributed by atoms with van der Waals surface area (Å²) in [5, 5.41) is 6.28. The maximum absolute atomic E-state index is 12.0. The molecule has 1 rings (SSSR count). The van der Waals surface area contributed by atoms with Crippen LogP contribution < -0.4 is 20.1 Å². The number of ether oxygens (including phenoxy) is 3. The van der Waals surface area contributed by atoms with Gasteiger partial charge in [0.2, 0.25) is 0 Å². The van der Waals surface area contributed by atoms with Gasteiger partial charge in [0.25, 0.3) is 5.91 Å². The molecular weight excluding hydrogens is 424 g/mol. The third kappa shape index (κ3) is 10.3. The molecular formula is C21H35BrN2O4. The van der Waals surface area contributed by atoms with Gasteiger partial charge in [-0.3, -0.25) is 4.79 Å². The van der Waals surface area contributed by atoms with Gasteiger partial charge in [-0.25, -0.2) is 0 Å². The Labute approximate surface area is 177 Å². The molecule has 0 spiro atoms. The SMILES string of the molecule is CCCCOCCCNCc1cc(OC)c(OCC(=O)NC(C)(C)C)cc1Br. The molecule has 0 aliphatic carbocycles. The molecule has 28 heavy (non-hydrogen) atoms. The molecule has 0 fully saturated rings. The topological polar surface area (TPSA) is 68.8 Å². The summed E-state index contributed by atoms with van der Waals surface area (Å²) in [6, 6.07) is 3.76. The second-order valence-corrected chi connectivity index (χ2v) is 8.53. The van der Waals surface area contributed by atoms with Crippen molar-refractivity contribution < 1.29 is 19.0 Å². The van der Waals surface area contributed by atoms with Crippen LogP contribution in [0.15, 0.2) is 16.6 Å². The summed E-state index contributed by atoms with van der Waals surface area (Å²) >= 11 is 3.58. The minimum atomic E-state index is -0.290. The quantitative estimate of drug-likeness (QED) is 0.436. The van der Waals surface area contributed by atoms with E-state index in [9.17, 15) is 4.79 Å². The number of amides is 1. The first-order valence-electron chi connectivity index (χ1n) is 9.85. The van der Waals surface area contributed by atoms with E-state index < -0.39 is 0 Å². The number of carbonyl (C=O) groups excluding carboxylic acids is 1. The first-order valence-corrected chi connectivity index (χ1v) is 10.6. The van der Waals surface area contributed by atoms with E-state index in [1.165, 1.54) is 0 Å². The number of hydrogen-bond acceptors (Lipinski definition) is 5. The molecule has 1 aromatic carbocycles. The van der Waals surface area contributed by atoms with E-state index in [2.05, 4.69) is 33.5 Å². The zero-order valence-electron chi connectivity index (χ0n) is 17.8. The van der Waals surface area contributed by atoms with Crippen LogP contribution in [-0.2, 0) is 16.1 Å². The average Bonchev–Trinajstić information content (AvgIpc) is 2.62. The van der Waals surface area contributed by atoms with Crippen molar-refractivity contribution in [3.8, 4) is 11.5 Å². The predicted octanol–water partition coefficient (Wildman–Crippen LogP) is 4.05. The van der Waals surface area contributed by atoms with Gasteiger partial charge in [-0.15, -0.1) is 0 Å². The molecule has 2 N–H and O–H groups in total. The van der Waals surface area contributed by atoms with E-state index in [0.717, 1.165) is 49.1 Å². The molecule has 7 heteroatoms. The lowest BCUT2D eigenvalue weighted by Gasteiger charge is -2.21. The molecule has 0 atom stereocenters. The number of unbranched alkanes of at least 4 members (excludes halogenated alkanes) is 1. The summed E-state index contributed by atoms with van der Waals surface area (Å²) in [4.78, 5) is 12.0. The van der Waals surface area contributed by atoms with Crippen molar-refractivity contribution in [1.82, 2.24) is 10.6 Å². The first-order chi connectivity index (χ1) is 13.3. The fraction of sp³-hybridized carbons (Fsp3) is 0.667. The van der Waals surface area contributed by atoms with E-state index >= 15 is 0 Å². The lowest BCUT2D eigenvalue weighted by atomic mass is 10.1. The maximum Gasteiger partial charge on any atom is 0.258 e. The van der Waals surface area contributed by atoms with E-state index in [0.29, 0.717) is 18.0 Å². The van der Waals surface area contributed by atoms with Crippen LogP contribution in [0.4, 0.5) is 0 Å². The van der Waals surface area contributed by atoms with Crippen LogP contribution in [0, 0.1) is 0 Å². The van der Waals surface area contributed by atoms with Gasteiger partial charge < -0.3 is 24.8 Å². The molecule has 0 bridgehead atoms. The minimum absolute atomic E-state index is 0.0598. The molecule has 1 amide bonds. The van der Waals surface area contributed by atoms with Crippen LogP contribution in [0.25, 0.3) is 0 Å². The molecule has 0 saturated heterocycles. The molecule has 0 heterocycles. The number of rotatable bonds is 13. The molecule has 160 valence electrons. The lowest BCUT2D eigenvalue weighted by Crippen LogP contribution is -2.43. The van der Waals surface area contributed by atoms with Crippen molar-refractivity contribution in [1.29, 1.82) is 0 Å². The van der Waals surface area contributed by atoms with E-state index in [4.69, 9.17) is 14.2 Å². The number of halogens is 1. The van der Waals surface area contributed by atoms with Gasteiger partial charge in [-0.1, -0.05) is 29.3 Å².